The minimum atomic E-state index is -1.62. The Morgan fingerprint density at radius 3 is 1.73 bits per heavy atom. The third-order valence-corrected chi connectivity index (χ3v) is 7.59. The van der Waals surface area contributed by atoms with Crippen LogP contribution in [0.5, 0.6) is 0 Å². The maximum atomic E-state index is 12.6. The van der Waals surface area contributed by atoms with E-state index < -0.39 is 24.3 Å². The van der Waals surface area contributed by atoms with Gasteiger partial charge in [0.2, 0.25) is 0 Å². The van der Waals surface area contributed by atoms with E-state index in [1.54, 1.807) is 0 Å². The van der Waals surface area contributed by atoms with Crippen molar-refractivity contribution in [3.05, 3.63) is 48.6 Å². The Hall–Kier alpha value is -2.75. The Bertz CT molecular complexity index is 950. The highest BCUT2D eigenvalue weighted by molar-refractivity contribution is 5.70. The lowest BCUT2D eigenvalue weighted by molar-refractivity contribution is -0.870. The average Bonchev–Trinajstić information content (AvgIpc) is 3.05. The van der Waals surface area contributed by atoms with Gasteiger partial charge in [-0.05, 0) is 51.4 Å². The van der Waals surface area contributed by atoms with Gasteiger partial charge in [-0.3, -0.25) is 9.59 Å². The van der Waals surface area contributed by atoms with E-state index in [0.717, 1.165) is 70.6 Å². The lowest BCUT2D eigenvalue weighted by Crippen LogP contribution is -2.44. The zero-order valence-corrected chi connectivity index (χ0v) is 31.5. The number of carbonyl (C=O) groups is 3. The standard InChI is InChI=1S/C40H69NO8/c1-6-8-10-12-14-15-16-17-18-19-20-21-22-23-25-27-29-31-38(43)49-36(34-47-37(42)30-28-26-24-13-11-9-7-2)35-48-40(39(44)45)46-33-32-41(3,4)5/h8,10,14-15,17-18,20-21,36,40H,6-7,9,11-13,16,19,22-35H2,1-5H3/b10-8-,15-14-,18-17-,21-20-. The number of likely N-dealkylation sites (N-methyl/N-ethyl adjacent to an activating group) is 1. The van der Waals surface area contributed by atoms with Crippen LogP contribution in [0.2, 0.25) is 0 Å². The van der Waals surface area contributed by atoms with Crippen LogP contribution in [0.4, 0.5) is 0 Å². The molecule has 0 radical (unpaired) electrons. The van der Waals surface area contributed by atoms with Crippen LogP contribution in [-0.2, 0) is 33.3 Å². The molecule has 2 atom stereocenters. The predicted octanol–water partition coefficient (Wildman–Crippen LogP) is 7.54. The van der Waals surface area contributed by atoms with Crippen molar-refractivity contribution in [2.24, 2.45) is 0 Å². The Morgan fingerprint density at radius 1 is 0.633 bits per heavy atom. The molecule has 0 bridgehead atoms. The molecule has 0 rings (SSSR count). The molecule has 0 aromatic rings. The summed E-state index contributed by atoms with van der Waals surface area (Å²) in [4.78, 5) is 36.6. The van der Waals surface area contributed by atoms with Gasteiger partial charge < -0.3 is 33.3 Å². The highest BCUT2D eigenvalue weighted by Crippen LogP contribution is 2.11. The molecular formula is C40H69NO8. The maximum absolute atomic E-state index is 12.6. The van der Waals surface area contributed by atoms with Gasteiger partial charge in [-0.1, -0.05) is 114 Å². The average molecular weight is 692 g/mol. The van der Waals surface area contributed by atoms with Gasteiger partial charge in [0.25, 0.3) is 0 Å². The molecule has 0 aliphatic heterocycles. The van der Waals surface area contributed by atoms with Gasteiger partial charge in [0.15, 0.2) is 12.4 Å². The highest BCUT2D eigenvalue weighted by atomic mass is 16.7. The topological polar surface area (TPSA) is 111 Å². The van der Waals surface area contributed by atoms with Crippen molar-refractivity contribution in [3.8, 4) is 0 Å². The molecule has 0 N–H and O–H groups in total. The number of hydrogen-bond acceptors (Lipinski definition) is 8. The van der Waals surface area contributed by atoms with Crippen LogP contribution in [0.25, 0.3) is 0 Å². The lowest BCUT2D eigenvalue weighted by Gasteiger charge is -2.26. The zero-order chi connectivity index (χ0) is 36.4. The smallest absolute Gasteiger partial charge is 0.306 e. The molecule has 0 saturated carbocycles. The summed E-state index contributed by atoms with van der Waals surface area (Å²) in [6, 6.07) is 0. The number of carboxylic acid groups (broad SMARTS) is 1. The van der Waals surface area contributed by atoms with E-state index in [9.17, 15) is 19.5 Å². The molecule has 0 spiro atoms. The van der Waals surface area contributed by atoms with Crippen molar-refractivity contribution >= 4 is 17.9 Å². The normalized spacial score (nSPS) is 13.6. The maximum Gasteiger partial charge on any atom is 0.306 e. The van der Waals surface area contributed by atoms with Crippen LogP contribution in [0.3, 0.4) is 0 Å². The molecule has 0 heterocycles. The van der Waals surface area contributed by atoms with Gasteiger partial charge in [-0.2, -0.15) is 0 Å². The van der Waals surface area contributed by atoms with Gasteiger partial charge in [-0.15, -0.1) is 0 Å². The molecule has 0 fully saturated rings. The molecule has 0 saturated heterocycles. The molecule has 0 aliphatic rings. The number of carboxylic acids is 1. The van der Waals surface area contributed by atoms with Gasteiger partial charge in [-0.25, -0.2) is 0 Å². The molecule has 0 aliphatic carbocycles. The molecule has 282 valence electrons. The largest absolute Gasteiger partial charge is 0.545 e. The molecule has 9 nitrogen and oxygen atoms in total. The Kier molecular flexibility index (Phi) is 30.6. The first-order valence-corrected chi connectivity index (χ1v) is 18.8. The van der Waals surface area contributed by atoms with E-state index >= 15 is 0 Å². The number of allylic oxidation sites excluding steroid dienone is 8. The minimum absolute atomic E-state index is 0.141. The van der Waals surface area contributed by atoms with Crippen molar-refractivity contribution in [2.75, 3.05) is 47.5 Å². The summed E-state index contributed by atoms with van der Waals surface area (Å²) < 4.78 is 22.3. The second kappa shape index (κ2) is 32.5. The lowest BCUT2D eigenvalue weighted by atomic mass is 10.1. The second-order valence-corrected chi connectivity index (χ2v) is 13.5. The molecule has 0 aromatic carbocycles. The van der Waals surface area contributed by atoms with Crippen molar-refractivity contribution in [3.63, 3.8) is 0 Å². The molecule has 0 aromatic heterocycles. The predicted molar refractivity (Wildman–Crippen MR) is 195 cm³/mol. The van der Waals surface area contributed by atoms with Gasteiger partial charge in [0.05, 0.1) is 40.3 Å². The second-order valence-electron chi connectivity index (χ2n) is 13.5. The molecule has 0 amide bonds. The van der Waals surface area contributed by atoms with Gasteiger partial charge in [0.1, 0.15) is 13.2 Å². The summed E-state index contributed by atoms with van der Waals surface area (Å²) in [5.74, 6) is -2.34. The summed E-state index contributed by atoms with van der Waals surface area (Å²) in [6.45, 7) is 4.51. The van der Waals surface area contributed by atoms with E-state index in [2.05, 4.69) is 62.5 Å². The Balaban J connectivity index is 4.55. The van der Waals surface area contributed by atoms with Gasteiger partial charge in [0, 0.05) is 12.8 Å². The van der Waals surface area contributed by atoms with Crippen molar-refractivity contribution in [1.29, 1.82) is 0 Å². The Labute approximate surface area is 298 Å². The third kappa shape index (κ3) is 33.5. The van der Waals surface area contributed by atoms with Crippen LogP contribution >= 0.6 is 0 Å². The molecule has 49 heavy (non-hydrogen) atoms. The number of rotatable bonds is 33. The van der Waals surface area contributed by atoms with Gasteiger partial charge >= 0.3 is 11.9 Å². The molecular weight excluding hydrogens is 622 g/mol. The quantitative estimate of drug-likeness (QED) is 0.0228. The number of aliphatic carboxylic acids is 1. The van der Waals surface area contributed by atoms with Crippen molar-refractivity contribution in [1.82, 2.24) is 0 Å². The minimum Gasteiger partial charge on any atom is -0.545 e. The third-order valence-electron chi connectivity index (χ3n) is 7.59. The fourth-order valence-corrected chi connectivity index (χ4v) is 4.64. The summed E-state index contributed by atoms with van der Waals surface area (Å²) in [7, 11) is 5.88. The SMILES string of the molecule is CC/C=C\C/C=C\C/C=C\C/C=C\CCCCCCC(=O)OC(COC(=O)CCCCCCCCC)COC(OCC[N+](C)(C)C)C(=O)[O-]. The number of nitrogens with zero attached hydrogens (tertiary/aromatic N) is 1. The highest BCUT2D eigenvalue weighted by Gasteiger charge is 2.21. The molecule has 2 unspecified atom stereocenters. The first-order valence-electron chi connectivity index (χ1n) is 18.8. The summed E-state index contributed by atoms with van der Waals surface area (Å²) in [5.41, 5.74) is 0. The number of unbranched alkanes of at least 4 members (excludes halogenated alkanes) is 10. The van der Waals surface area contributed by atoms with Crippen LogP contribution in [0.15, 0.2) is 48.6 Å². The van der Waals surface area contributed by atoms with E-state index in [-0.39, 0.29) is 38.6 Å². The van der Waals surface area contributed by atoms with E-state index in [0.29, 0.717) is 17.4 Å². The summed E-state index contributed by atoms with van der Waals surface area (Å²) in [5, 5.41) is 11.6. The summed E-state index contributed by atoms with van der Waals surface area (Å²) >= 11 is 0. The summed E-state index contributed by atoms with van der Waals surface area (Å²) in [6.07, 6.45) is 31.6. The molecule has 9 heteroatoms. The van der Waals surface area contributed by atoms with Crippen molar-refractivity contribution in [2.45, 2.75) is 142 Å². The van der Waals surface area contributed by atoms with Crippen LogP contribution < -0.4 is 5.11 Å². The number of ether oxygens (including phenoxy) is 4. The fraction of sp³-hybridized carbons (Fsp3) is 0.725. The first kappa shape index (κ1) is 46.2. The fourth-order valence-electron chi connectivity index (χ4n) is 4.64. The van der Waals surface area contributed by atoms with Crippen molar-refractivity contribution < 1.29 is 42.9 Å². The van der Waals surface area contributed by atoms with E-state index in [1.165, 1.54) is 25.7 Å². The van der Waals surface area contributed by atoms with Crippen LogP contribution in [-0.4, -0.2) is 82.3 Å². The van der Waals surface area contributed by atoms with Crippen LogP contribution in [0.1, 0.15) is 129 Å². The number of esters is 2. The van der Waals surface area contributed by atoms with Crippen LogP contribution in [0, 0.1) is 0 Å². The monoisotopic (exact) mass is 692 g/mol. The van der Waals surface area contributed by atoms with E-state index in [4.69, 9.17) is 18.9 Å². The Morgan fingerprint density at radius 2 is 1.16 bits per heavy atom. The number of quaternary nitrogens is 1. The number of carbonyl (C=O) groups excluding carboxylic acids is 3. The number of hydrogen-bond donors (Lipinski definition) is 0. The zero-order valence-electron chi connectivity index (χ0n) is 31.5. The van der Waals surface area contributed by atoms with E-state index in [1.807, 2.05) is 21.1 Å². The first-order chi connectivity index (χ1) is 23.6.